The highest BCUT2D eigenvalue weighted by Crippen LogP contribution is 2.22. The van der Waals surface area contributed by atoms with E-state index in [1.54, 1.807) is 32.2 Å². The van der Waals surface area contributed by atoms with Crippen molar-refractivity contribution < 1.29 is 14.3 Å². The Bertz CT molecular complexity index is 747. The van der Waals surface area contributed by atoms with Gasteiger partial charge in [0.1, 0.15) is 5.75 Å². The van der Waals surface area contributed by atoms with Gasteiger partial charge in [0.15, 0.2) is 0 Å². The van der Waals surface area contributed by atoms with Gasteiger partial charge in [-0.1, -0.05) is 29.8 Å². The number of carbonyl (C=O) groups is 2. The maximum Gasteiger partial charge on any atom is 0.313 e. The summed E-state index contributed by atoms with van der Waals surface area (Å²) in [5.74, 6) is -0.642. The first kappa shape index (κ1) is 17.8. The second-order valence-electron chi connectivity index (χ2n) is 5.22. The molecule has 2 amide bonds. The summed E-state index contributed by atoms with van der Waals surface area (Å²) in [5.41, 5.74) is 2.26. The molecule has 0 radical (unpaired) electrons. The average Bonchev–Trinajstić information content (AvgIpc) is 2.59. The highest BCUT2D eigenvalue weighted by atomic mass is 35.5. The Morgan fingerprint density at radius 3 is 2.62 bits per heavy atom. The van der Waals surface area contributed by atoms with E-state index in [2.05, 4.69) is 10.6 Å². The fourth-order valence-corrected chi connectivity index (χ4v) is 2.33. The number of methoxy groups -OCH3 is 1. The molecule has 0 fully saturated rings. The van der Waals surface area contributed by atoms with Crippen LogP contribution in [-0.4, -0.2) is 25.5 Å². The third-order valence-corrected chi connectivity index (χ3v) is 3.96. The van der Waals surface area contributed by atoms with E-state index in [1.807, 2.05) is 24.3 Å². The van der Waals surface area contributed by atoms with Crippen molar-refractivity contribution in [3.8, 4) is 5.75 Å². The number of benzene rings is 2. The molecule has 0 atom stereocenters. The van der Waals surface area contributed by atoms with Crippen LogP contribution in [-0.2, 0) is 16.0 Å². The minimum atomic E-state index is -0.717. The van der Waals surface area contributed by atoms with Gasteiger partial charge in [-0.3, -0.25) is 9.59 Å². The molecule has 0 unspecified atom stereocenters. The quantitative estimate of drug-likeness (QED) is 0.818. The van der Waals surface area contributed by atoms with E-state index >= 15 is 0 Å². The predicted molar refractivity (Wildman–Crippen MR) is 94.5 cm³/mol. The molecule has 2 aromatic rings. The molecule has 2 N–H and O–H groups in total. The monoisotopic (exact) mass is 346 g/mol. The molecule has 0 saturated heterocycles. The van der Waals surface area contributed by atoms with Crippen molar-refractivity contribution in [3.63, 3.8) is 0 Å². The number of halogens is 1. The lowest BCUT2D eigenvalue weighted by Crippen LogP contribution is -2.36. The van der Waals surface area contributed by atoms with Crippen LogP contribution in [0, 0.1) is 6.92 Å². The first-order valence-electron chi connectivity index (χ1n) is 7.48. The largest absolute Gasteiger partial charge is 0.497 e. The third kappa shape index (κ3) is 4.73. The van der Waals surface area contributed by atoms with Crippen LogP contribution in [0.2, 0.25) is 5.02 Å². The van der Waals surface area contributed by atoms with Crippen LogP contribution in [0.3, 0.4) is 0 Å². The van der Waals surface area contributed by atoms with Crippen LogP contribution in [0.15, 0.2) is 42.5 Å². The molecular weight excluding hydrogens is 328 g/mol. The minimum Gasteiger partial charge on any atom is -0.497 e. The first-order chi connectivity index (χ1) is 11.5. The van der Waals surface area contributed by atoms with E-state index in [0.29, 0.717) is 23.7 Å². The summed E-state index contributed by atoms with van der Waals surface area (Å²) in [6.07, 6.45) is 0.604. The topological polar surface area (TPSA) is 67.4 Å². The van der Waals surface area contributed by atoms with Crippen LogP contribution < -0.4 is 15.4 Å². The molecule has 2 aromatic carbocycles. The summed E-state index contributed by atoms with van der Waals surface area (Å²) < 4.78 is 5.15. The Balaban J connectivity index is 1.85. The number of rotatable bonds is 5. The third-order valence-electron chi connectivity index (χ3n) is 3.56. The molecular formula is C18H19ClN2O3. The summed E-state index contributed by atoms with van der Waals surface area (Å²) in [4.78, 5) is 23.8. The highest BCUT2D eigenvalue weighted by Gasteiger charge is 2.14. The Hall–Kier alpha value is -2.53. The number of hydrogen-bond donors (Lipinski definition) is 2. The van der Waals surface area contributed by atoms with E-state index in [-0.39, 0.29) is 0 Å². The summed E-state index contributed by atoms with van der Waals surface area (Å²) in [5, 5.41) is 5.69. The predicted octanol–water partition coefficient (Wildman–Crippen LogP) is 2.95. The lowest BCUT2D eigenvalue weighted by molar-refractivity contribution is -0.136. The molecule has 0 spiro atoms. The zero-order valence-corrected chi connectivity index (χ0v) is 14.3. The van der Waals surface area contributed by atoms with Gasteiger partial charge in [0.2, 0.25) is 0 Å². The molecule has 126 valence electrons. The summed E-state index contributed by atoms with van der Waals surface area (Å²) in [7, 11) is 1.60. The number of anilines is 1. The molecule has 0 aliphatic rings. The van der Waals surface area contributed by atoms with Crippen molar-refractivity contribution in [2.24, 2.45) is 0 Å². The summed E-state index contributed by atoms with van der Waals surface area (Å²) >= 11 is 5.99. The zero-order chi connectivity index (χ0) is 17.5. The van der Waals surface area contributed by atoms with Crippen molar-refractivity contribution in [1.29, 1.82) is 0 Å². The fourth-order valence-electron chi connectivity index (χ4n) is 2.15. The van der Waals surface area contributed by atoms with Gasteiger partial charge in [0.05, 0.1) is 7.11 Å². The van der Waals surface area contributed by atoms with Crippen molar-refractivity contribution in [2.45, 2.75) is 13.3 Å². The number of hydrogen-bond acceptors (Lipinski definition) is 3. The molecule has 0 aliphatic heterocycles. The van der Waals surface area contributed by atoms with Crippen LogP contribution in [0.4, 0.5) is 5.69 Å². The van der Waals surface area contributed by atoms with Crippen LogP contribution in [0.25, 0.3) is 0 Å². The van der Waals surface area contributed by atoms with Crippen LogP contribution >= 0.6 is 11.6 Å². The summed E-state index contributed by atoms with van der Waals surface area (Å²) in [6.45, 7) is 2.13. The number of ether oxygens (including phenoxy) is 1. The molecule has 0 aliphatic carbocycles. The Morgan fingerprint density at radius 1 is 1.12 bits per heavy atom. The lowest BCUT2D eigenvalue weighted by atomic mass is 10.1. The minimum absolute atomic E-state index is 0.355. The van der Waals surface area contributed by atoms with Gasteiger partial charge >= 0.3 is 11.8 Å². The van der Waals surface area contributed by atoms with Gasteiger partial charge in [-0.25, -0.2) is 0 Å². The van der Waals surface area contributed by atoms with E-state index in [4.69, 9.17) is 16.3 Å². The van der Waals surface area contributed by atoms with E-state index in [0.717, 1.165) is 16.9 Å². The normalized spacial score (nSPS) is 10.1. The number of amides is 2. The zero-order valence-electron chi connectivity index (χ0n) is 13.6. The Morgan fingerprint density at radius 2 is 1.88 bits per heavy atom. The Labute approximate surface area is 146 Å². The van der Waals surface area contributed by atoms with Gasteiger partial charge < -0.3 is 15.4 Å². The molecule has 0 saturated carbocycles. The molecule has 0 heterocycles. The molecule has 6 heteroatoms. The fraction of sp³-hybridized carbons (Fsp3) is 0.222. The van der Waals surface area contributed by atoms with Gasteiger partial charge in [-0.2, -0.15) is 0 Å². The smallest absolute Gasteiger partial charge is 0.313 e. The molecule has 24 heavy (non-hydrogen) atoms. The molecule has 2 rings (SSSR count). The molecule has 0 aromatic heterocycles. The maximum absolute atomic E-state index is 11.9. The van der Waals surface area contributed by atoms with Crippen LogP contribution in [0.5, 0.6) is 5.75 Å². The first-order valence-corrected chi connectivity index (χ1v) is 7.86. The molecule has 0 bridgehead atoms. The van der Waals surface area contributed by atoms with Gasteiger partial charge in [-0.05, 0) is 48.7 Å². The number of carbonyl (C=O) groups excluding carboxylic acids is 2. The van der Waals surface area contributed by atoms with Gasteiger partial charge in [0.25, 0.3) is 0 Å². The van der Waals surface area contributed by atoms with Gasteiger partial charge in [-0.15, -0.1) is 0 Å². The summed E-state index contributed by atoms with van der Waals surface area (Å²) in [6, 6.07) is 12.7. The lowest BCUT2D eigenvalue weighted by Gasteiger charge is -2.10. The van der Waals surface area contributed by atoms with E-state index < -0.39 is 11.8 Å². The van der Waals surface area contributed by atoms with Crippen molar-refractivity contribution >= 4 is 29.1 Å². The number of nitrogens with one attached hydrogen (secondary N) is 2. The Kier molecular flexibility index (Phi) is 6.21. The van der Waals surface area contributed by atoms with Gasteiger partial charge in [0, 0.05) is 17.3 Å². The molecule has 5 nitrogen and oxygen atoms in total. The second kappa shape index (κ2) is 8.36. The van der Waals surface area contributed by atoms with Crippen LogP contribution in [0.1, 0.15) is 11.1 Å². The van der Waals surface area contributed by atoms with E-state index in [1.165, 1.54) is 0 Å². The standard InChI is InChI=1S/C18H19ClN2O3/c1-12-15(19)7-4-8-16(12)21-18(23)17(22)20-10-9-13-5-3-6-14(11-13)24-2/h3-8,11H,9-10H2,1-2H3,(H,20,22)(H,21,23). The van der Waals surface area contributed by atoms with Crippen molar-refractivity contribution in [3.05, 3.63) is 58.6 Å². The average molecular weight is 347 g/mol. The van der Waals surface area contributed by atoms with E-state index in [9.17, 15) is 9.59 Å². The second-order valence-corrected chi connectivity index (χ2v) is 5.63. The highest BCUT2D eigenvalue weighted by molar-refractivity contribution is 6.40. The SMILES string of the molecule is COc1cccc(CCNC(=O)C(=O)Nc2cccc(Cl)c2C)c1. The van der Waals surface area contributed by atoms with Crippen molar-refractivity contribution in [1.82, 2.24) is 5.32 Å². The van der Waals surface area contributed by atoms with Crippen molar-refractivity contribution in [2.75, 3.05) is 19.0 Å². The maximum atomic E-state index is 11.9.